The second-order valence-electron chi connectivity index (χ2n) is 4.27. The van der Waals surface area contributed by atoms with E-state index in [0.29, 0.717) is 10.3 Å². The Labute approximate surface area is 104 Å². The van der Waals surface area contributed by atoms with Crippen LogP contribution in [-0.2, 0) is 5.79 Å². The number of hydrogen-bond acceptors (Lipinski definition) is 5. The summed E-state index contributed by atoms with van der Waals surface area (Å²) < 4.78 is 15.3. The Kier molecular flexibility index (Phi) is 4.55. The van der Waals surface area contributed by atoms with Gasteiger partial charge in [-0.05, 0) is 27.0 Å². The van der Waals surface area contributed by atoms with Crippen LogP contribution in [0.3, 0.4) is 0 Å². The third-order valence-electron chi connectivity index (χ3n) is 2.90. The summed E-state index contributed by atoms with van der Waals surface area (Å²) in [5.41, 5.74) is -0.319. The lowest BCUT2D eigenvalue weighted by molar-refractivity contribution is -0.0821. The van der Waals surface area contributed by atoms with Crippen molar-refractivity contribution in [2.45, 2.75) is 31.8 Å². The van der Waals surface area contributed by atoms with Crippen LogP contribution in [0.15, 0.2) is 17.1 Å². The highest BCUT2D eigenvalue weighted by Gasteiger charge is 2.40. The van der Waals surface area contributed by atoms with Gasteiger partial charge in [0.1, 0.15) is 6.10 Å². The zero-order valence-corrected chi connectivity index (χ0v) is 10.6. The molecule has 0 amide bonds. The molecule has 0 spiro atoms. The fourth-order valence-electron chi connectivity index (χ4n) is 1.68. The summed E-state index contributed by atoms with van der Waals surface area (Å²) in [5.74, 6) is -2.37. The van der Waals surface area contributed by atoms with Gasteiger partial charge in [-0.1, -0.05) is 0 Å². The zero-order chi connectivity index (χ0) is 13.9. The van der Waals surface area contributed by atoms with Gasteiger partial charge in [0, 0.05) is 11.9 Å². The number of hydrogen-bond donors (Lipinski definition) is 3. The van der Waals surface area contributed by atoms with Crippen molar-refractivity contribution in [1.29, 1.82) is 0 Å². The minimum atomic E-state index is -2.37. The smallest absolute Gasteiger partial charge is 0.350 e. The first-order valence-corrected chi connectivity index (χ1v) is 5.56. The topological polar surface area (TPSA) is 87.4 Å². The summed E-state index contributed by atoms with van der Waals surface area (Å²) in [6.45, 7) is 2.23. The number of aliphatic hydroxyl groups excluding tert-OH is 2. The molecule has 0 fully saturated rings. The lowest BCUT2D eigenvalue weighted by Gasteiger charge is -2.32. The van der Waals surface area contributed by atoms with Gasteiger partial charge in [0.05, 0.1) is 12.6 Å². The second kappa shape index (κ2) is 5.55. The molecule has 1 aromatic heterocycles. The first kappa shape index (κ1) is 14.7. The normalized spacial score (nSPS) is 18.1. The molecule has 1 rings (SSSR count). The minimum Gasteiger partial charge on any atom is -0.395 e. The lowest BCUT2D eigenvalue weighted by Crippen LogP contribution is -2.54. The van der Waals surface area contributed by atoms with E-state index >= 15 is 0 Å². The first-order valence-electron chi connectivity index (χ1n) is 5.56. The van der Waals surface area contributed by atoms with Crippen molar-refractivity contribution >= 4 is 0 Å². The Morgan fingerprint density at radius 1 is 1.67 bits per heavy atom. The minimum absolute atomic E-state index is 0.453. The zero-order valence-electron chi connectivity index (χ0n) is 10.6. The highest BCUT2D eigenvalue weighted by Crippen LogP contribution is 2.23. The van der Waals surface area contributed by atoms with Crippen molar-refractivity contribution in [1.82, 2.24) is 14.9 Å². The number of nitrogens with one attached hydrogen (secondary N) is 1. The predicted octanol–water partition coefficient (Wildman–Crippen LogP) is -0.865. The van der Waals surface area contributed by atoms with Crippen LogP contribution in [0.5, 0.6) is 0 Å². The van der Waals surface area contributed by atoms with E-state index in [9.17, 15) is 14.3 Å². The maximum Gasteiger partial charge on any atom is 0.350 e. The Balaban J connectivity index is 3.15. The largest absolute Gasteiger partial charge is 0.395 e. The number of aliphatic hydroxyl groups is 2. The van der Waals surface area contributed by atoms with Crippen LogP contribution in [0.1, 0.15) is 12.6 Å². The number of alkyl halides is 1. The number of halogens is 1. The number of aryl methyl sites for hydroxylation is 1. The van der Waals surface area contributed by atoms with Gasteiger partial charge in [0.2, 0.25) is 5.79 Å². The number of nitrogens with zero attached hydrogens (tertiary/aromatic N) is 2. The van der Waals surface area contributed by atoms with Crippen molar-refractivity contribution in [2.24, 2.45) is 0 Å². The van der Waals surface area contributed by atoms with E-state index in [1.807, 2.05) is 0 Å². The molecular formula is C11H18FN3O3. The van der Waals surface area contributed by atoms with E-state index in [1.165, 1.54) is 19.3 Å². The van der Waals surface area contributed by atoms with Crippen molar-refractivity contribution < 1.29 is 14.6 Å². The van der Waals surface area contributed by atoms with Crippen molar-refractivity contribution in [3.8, 4) is 0 Å². The van der Waals surface area contributed by atoms with Gasteiger partial charge in [0.15, 0.2) is 0 Å². The summed E-state index contributed by atoms with van der Waals surface area (Å²) >= 11 is 0. The van der Waals surface area contributed by atoms with E-state index in [-0.39, 0.29) is 0 Å². The molecule has 0 saturated carbocycles. The molecular weight excluding hydrogens is 241 g/mol. The molecule has 0 aliphatic heterocycles. The third kappa shape index (κ3) is 2.74. The monoisotopic (exact) mass is 259 g/mol. The predicted molar refractivity (Wildman–Crippen MR) is 63.9 cm³/mol. The molecule has 7 heteroatoms. The molecule has 6 nitrogen and oxygen atoms in total. The number of aromatic nitrogens is 2. The van der Waals surface area contributed by atoms with Gasteiger partial charge >= 0.3 is 5.69 Å². The van der Waals surface area contributed by atoms with Gasteiger partial charge in [0.25, 0.3) is 0 Å². The highest BCUT2D eigenvalue weighted by atomic mass is 19.1. The molecule has 102 valence electrons. The van der Waals surface area contributed by atoms with Gasteiger partial charge in [-0.2, -0.15) is 4.98 Å². The van der Waals surface area contributed by atoms with E-state index in [4.69, 9.17) is 5.11 Å². The molecule has 3 atom stereocenters. The lowest BCUT2D eigenvalue weighted by atomic mass is 10.0. The molecule has 1 heterocycles. The Morgan fingerprint density at radius 3 is 2.72 bits per heavy atom. The summed E-state index contributed by atoms with van der Waals surface area (Å²) in [5, 5.41) is 21.5. The third-order valence-corrected chi connectivity index (χ3v) is 2.90. The molecule has 0 aliphatic carbocycles. The fraction of sp³-hybridized carbons (Fsp3) is 0.636. The molecule has 1 aromatic rings. The van der Waals surface area contributed by atoms with Gasteiger partial charge in [-0.25, -0.2) is 9.18 Å². The second-order valence-corrected chi connectivity index (χ2v) is 4.27. The average Bonchev–Trinajstić information content (AvgIpc) is 2.29. The van der Waals surface area contributed by atoms with E-state index in [0.717, 1.165) is 6.92 Å². The highest BCUT2D eigenvalue weighted by molar-refractivity contribution is 4.99. The Bertz CT molecular complexity index is 457. The van der Waals surface area contributed by atoms with Crippen LogP contribution in [0.2, 0.25) is 0 Å². The van der Waals surface area contributed by atoms with E-state index < -0.39 is 30.2 Å². The molecule has 0 radical (unpaired) electrons. The molecule has 0 aromatic carbocycles. The fourth-order valence-corrected chi connectivity index (χ4v) is 1.68. The van der Waals surface area contributed by atoms with Crippen LogP contribution >= 0.6 is 0 Å². The van der Waals surface area contributed by atoms with Gasteiger partial charge < -0.3 is 15.5 Å². The number of rotatable bonds is 5. The van der Waals surface area contributed by atoms with Crippen molar-refractivity contribution in [3.05, 3.63) is 28.4 Å². The van der Waals surface area contributed by atoms with E-state index in [1.54, 1.807) is 6.92 Å². The molecule has 0 bridgehead atoms. The Morgan fingerprint density at radius 2 is 2.28 bits per heavy atom. The molecule has 2 unspecified atom stereocenters. The van der Waals surface area contributed by atoms with Crippen LogP contribution in [-0.4, -0.2) is 45.6 Å². The summed E-state index contributed by atoms with van der Waals surface area (Å²) in [4.78, 5) is 15.2. The van der Waals surface area contributed by atoms with Crippen LogP contribution in [0.4, 0.5) is 4.39 Å². The maximum absolute atomic E-state index is 14.6. The average molecular weight is 259 g/mol. The maximum atomic E-state index is 14.6. The van der Waals surface area contributed by atoms with Crippen LogP contribution in [0.25, 0.3) is 0 Å². The van der Waals surface area contributed by atoms with E-state index in [2.05, 4.69) is 10.3 Å². The summed E-state index contributed by atoms with van der Waals surface area (Å²) in [6.07, 6.45) is -0.354. The summed E-state index contributed by atoms with van der Waals surface area (Å²) in [7, 11) is 1.48. The van der Waals surface area contributed by atoms with Crippen molar-refractivity contribution in [3.63, 3.8) is 0 Å². The molecule has 18 heavy (non-hydrogen) atoms. The standard InChI is InChI=1S/C11H18FN3O3/c1-7-4-5-15(10(18)14-7)11(2,12)9(17)8(6-16)13-3/h4-5,8-9,13,16-17H,6H2,1-3H3/t8?,9-,11?/m1/s1. The van der Waals surface area contributed by atoms with Gasteiger partial charge in [-0.15, -0.1) is 0 Å². The Hall–Kier alpha value is -1.31. The quantitative estimate of drug-likeness (QED) is 0.640. The number of likely N-dealkylation sites (N-methyl/N-ethyl adjacent to an activating group) is 1. The SMILES string of the molecule is CNC(CO)[C@@H](O)C(C)(F)n1ccc(C)nc1=O. The van der Waals surface area contributed by atoms with Crippen LogP contribution < -0.4 is 11.0 Å². The molecule has 0 aliphatic rings. The van der Waals surface area contributed by atoms with Gasteiger partial charge in [-0.3, -0.25) is 4.57 Å². The summed E-state index contributed by atoms with van der Waals surface area (Å²) in [6, 6.07) is 0.590. The van der Waals surface area contributed by atoms with Crippen molar-refractivity contribution in [2.75, 3.05) is 13.7 Å². The first-order chi connectivity index (χ1) is 8.34. The molecule has 3 N–H and O–H groups in total. The molecule has 0 saturated heterocycles. The van der Waals surface area contributed by atoms with Crippen LogP contribution in [0, 0.1) is 6.92 Å².